The van der Waals surface area contributed by atoms with Crippen LogP contribution in [0.15, 0.2) is 33.3 Å². The minimum absolute atomic E-state index is 0.339. The van der Waals surface area contributed by atoms with Crippen LogP contribution >= 0.6 is 43.5 Å². The van der Waals surface area contributed by atoms with Crippen molar-refractivity contribution in [2.45, 2.75) is 12.6 Å². The molecule has 114 valence electrons. The molecule has 1 aromatic heterocycles. The number of nitrogens with zero attached hydrogens (tertiary/aromatic N) is 3. The van der Waals surface area contributed by atoms with Gasteiger partial charge in [-0.3, -0.25) is 4.68 Å². The van der Waals surface area contributed by atoms with Crippen LogP contribution in [0.5, 0.6) is 0 Å². The Kier molecular flexibility index (Phi) is 5.85. The van der Waals surface area contributed by atoms with E-state index < -0.39 is 0 Å². The van der Waals surface area contributed by atoms with E-state index in [9.17, 15) is 0 Å². The summed E-state index contributed by atoms with van der Waals surface area (Å²) in [7, 11) is 4.06. The average molecular weight is 437 g/mol. The Labute approximate surface area is 146 Å². The maximum absolute atomic E-state index is 6.43. The van der Waals surface area contributed by atoms with Crippen molar-refractivity contribution < 1.29 is 0 Å². The molecule has 0 bridgehead atoms. The van der Waals surface area contributed by atoms with Gasteiger partial charge in [0.15, 0.2) is 0 Å². The standard InChI is InChI=1S/C14H17Br2ClN4/c1-20(2)6-7-21-14(11(16)8-19-21)13(18)9-4-3-5-10(15)12(9)17/h3-5,8,13H,6-7,18H2,1-2H3. The lowest BCUT2D eigenvalue weighted by molar-refractivity contribution is 0.368. The maximum atomic E-state index is 6.43. The van der Waals surface area contributed by atoms with Gasteiger partial charge in [0.25, 0.3) is 0 Å². The second kappa shape index (κ2) is 7.24. The monoisotopic (exact) mass is 434 g/mol. The van der Waals surface area contributed by atoms with E-state index in [0.29, 0.717) is 5.02 Å². The topological polar surface area (TPSA) is 47.1 Å². The van der Waals surface area contributed by atoms with Crippen LogP contribution in [0, 0.1) is 0 Å². The van der Waals surface area contributed by atoms with E-state index >= 15 is 0 Å². The third-order valence-corrected chi connectivity index (χ3v) is 5.13. The van der Waals surface area contributed by atoms with Crippen LogP contribution in [-0.4, -0.2) is 35.3 Å². The fraction of sp³-hybridized carbons (Fsp3) is 0.357. The van der Waals surface area contributed by atoms with E-state index in [0.717, 1.165) is 33.3 Å². The third-order valence-electron chi connectivity index (χ3n) is 3.20. The summed E-state index contributed by atoms with van der Waals surface area (Å²) in [6.45, 7) is 1.66. The Hall–Kier alpha value is -0.400. The predicted octanol–water partition coefficient (Wildman–Crippen LogP) is 3.67. The smallest absolute Gasteiger partial charge is 0.0749 e. The predicted molar refractivity (Wildman–Crippen MR) is 93.7 cm³/mol. The van der Waals surface area contributed by atoms with Gasteiger partial charge in [-0.05, 0) is 57.6 Å². The first-order valence-corrected chi connectivity index (χ1v) is 8.43. The van der Waals surface area contributed by atoms with Crippen LogP contribution in [0.4, 0.5) is 0 Å². The van der Waals surface area contributed by atoms with Gasteiger partial charge in [0.2, 0.25) is 0 Å². The van der Waals surface area contributed by atoms with Crippen molar-refractivity contribution in [1.29, 1.82) is 0 Å². The molecule has 1 heterocycles. The molecule has 0 saturated carbocycles. The molecular formula is C14H17Br2ClN4. The van der Waals surface area contributed by atoms with Crippen LogP contribution in [0.1, 0.15) is 17.3 Å². The highest BCUT2D eigenvalue weighted by Gasteiger charge is 2.21. The first-order valence-electron chi connectivity index (χ1n) is 6.47. The minimum atomic E-state index is -0.339. The molecule has 0 aliphatic rings. The average Bonchev–Trinajstić information content (AvgIpc) is 2.80. The van der Waals surface area contributed by atoms with Crippen molar-refractivity contribution >= 4 is 43.5 Å². The third kappa shape index (κ3) is 3.87. The maximum Gasteiger partial charge on any atom is 0.0749 e. The van der Waals surface area contributed by atoms with Crippen molar-refractivity contribution in [2.75, 3.05) is 20.6 Å². The molecule has 0 amide bonds. The van der Waals surface area contributed by atoms with E-state index in [1.807, 2.05) is 37.0 Å². The zero-order valence-electron chi connectivity index (χ0n) is 11.9. The van der Waals surface area contributed by atoms with Crippen molar-refractivity contribution in [1.82, 2.24) is 14.7 Å². The lowest BCUT2D eigenvalue weighted by atomic mass is 10.0. The van der Waals surface area contributed by atoms with Gasteiger partial charge in [-0.2, -0.15) is 5.10 Å². The highest BCUT2D eigenvalue weighted by Crippen LogP contribution is 2.34. The molecule has 0 spiro atoms. The molecule has 1 aromatic carbocycles. The molecule has 2 aromatic rings. The van der Waals surface area contributed by atoms with Gasteiger partial charge in [0, 0.05) is 11.0 Å². The highest BCUT2D eigenvalue weighted by atomic mass is 79.9. The molecule has 7 heteroatoms. The largest absolute Gasteiger partial charge is 0.319 e. The van der Waals surface area contributed by atoms with Gasteiger partial charge in [0.1, 0.15) is 0 Å². The Morgan fingerprint density at radius 1 is 1.33 bits per heavy atom. The lowest BCUT2D eigenvalue weighted by Gasteiger charge is -2.18. The molecule has 0 aliphatic carbocycles. The van der Waals surface area contributed by atoms with E-state index in [4.69, 9.17) is 17.3 Å². The van der Waals surface area contributed by atoms with E-state index in [1.54, 1.807) is 6.20 Å². The van der Waals surface area contributed by atoms with Gasteiger partial charge in [-0.25, -0.2) is 0 Å². The number of nitrogens with two attached hydrogens (primary N) is 1. The van der Waals surface area contributed by atoms with E-state index in [-0.39, 0.29) is 6.04 Å². The summed E-state index contributed by atoms with van der Waals surface area (Å²) in [6.07, 6.45) is 1.77. The number of rotatable bonds is 5. The molecule has 0 saturated heterocycles. The fourth-order valence-corrected chi connectivity index (χ4v) is 3.23. The summed E-state index contributed by atoms with van der Waals surface area (Å²) >= 11 is 13.3. The SMILES string of the molecule is CN(C)CCn1ncc(Br)c1C(N)c1cccc(Br)c1Cl. The van der Waals surface area contributed by atoms with Crippen LogP contribution in [0.25, 0.3) is 0 Å². The summed E-state index contributed by atoms with van der Waals surface area (Å²) in [5, 5.41) is 5.03. The molecule has 2 N–H and O–H groups in total. The molecule has 0 aliphatic heterocycles. The van der Waals surface area contributed by atoms with Gasteiger partial charge in [-0.1, -0.05) is 23.7 Å². The van der Waals surface area contributed by atoms with E-state index in [1.165, 1.54) is 0 Å². The Balaban J connectivity index is 2.36. The zero-order chi connectivity index (χ0) is 15.6. The van der Waals surface area contributed by atoms with Gasteiger partial charge < -0.3 is 10.6 Å². The first-order chi connectivity index (χ1) is 9.91. The number of hydrogen-bond donors (Lipinski definition) is 1. The van der Waals surface area contributed by atoms with Crippen LogP contribution < -0.4 is 5.73 Å². The molecule has 0 fully saturated rings. The minimum Gasteiger partial charge on any atom is -0.319 e. The molecule has 2 rings (SSSR count). The van der Waals surface area contributed by atoms with Crippen LogP contribution in [0.3, 0.4) is 0 Å². The number of aromatic nitrogens is 2. The van der Waals surface area contributed by atoms with Crippen molar-refractivity contribution in [3.05, 3.63) is 49.6 Å². The van der Waals surface area contributed by atoms with Gasteiger partial charge in [0.05, 0.1) is 34.0 Å². The van der Waals surface area contributed by atoms with Crippen LogP contribution in [-0.2, 0) is 6.54 Å². The Bertz CT molecular complexity index is 627. The number of hydrogen-bond acceptors (Lipinski definition) is 3. The molecule has 1 atom stereocenters. The molecule has 4 nitrogen and oxygen atoms in total. The Morgan fingerprint density at radius 2 is 2.05 bits per heavy atom. The number of benzene rings is 1. The molecule has 0 radical (unpaired) electrons. The molecule has 21 heavy (non-hydrogen) atoms. The highest BCUT2D eigenvalue weighted by molar-refractivity contribution is 9.10. The summed E-state index contributed by atoms with van der Waals surface area (Å²) in [5.41, 5.74) is 8.23. The first kappa shape index (κ1) is 17.0. The zero-order valence-corrected chi connectivity index (χ0v) is 15.8. The summed E-state index contributed by atoms with van der Waals surface area (Å²) in [4.78, 5) is 2.11. The summed E-state index contributed by atoms with van der Waals surface area (Å²) in [5.74, 6) is 0. The quantitative estimate of drug-likeness (QED) is 0.778. The Morgan fingerprint density at radius 3 is 2.71 bits per heavy atom. The van der Waals surface area contributed by atoms with Crippen molar-refractivity contribution in [3.63, 3.8) is 0 Å². The second-order valence-corrected chi connectivity index (χ2v) is 7.11. The second-order valence-electron chi connectivity index (χ2n) is 5.02. The summed E-state index contributed by atoms with van der Waals surface area (Å²) in [6, 6.07) is 5.43. The van der Waals surface area contributed by atoms with Crippen LogP contribution in [0.2, 0.25) is 5.02 Å². The van der Waals surface area contributed by atoms with Gasteiger partial charge >= 0.3 is 0 Å². The summed E-state index contributed by atoms with van der Waals surface area (Å²) < 4.78 is 3.66. The fourth-order valence-electron chi connectivity index (χ4n) is 2.06. The number of halogens is 3. The van der Waals surface area contributed by atoms with Crippen molar-refractivity contribution in [3.8, 4) is 0 Å². The number of likely N-dealkylation sites (N-methyl/N-ethyl adjacent to an activating group) is 1. The van der Waals surface area contributed by atoms with Crippen molar-refractivity contribution in [2.24, 2.45) is 5.73 Å². The van der Waals surface area contributed by atoms with Gasteiger partial charge in [-0.15, -0.1) is 0 Å². The van der Waals surface area contributed by atoms with E-state index in [2.05, 4.69) is 41.9 Å². The molecule has 1 unspecified atom stereocenters. The lowest BCUT2D eigenvalue weighted by Crippen LogP contribution is -2.23. The normalized spacial score (nSPS) is 12.9. The molecular weight excluding hydrogens is 419 g/mol.